The summed E-state index contributed by atoms with van der Waals surface area (Å²) in [7, 11) is 0. The van der Waals surface area contributed by atoms with Gasteiger partial charge in [-0.25, -0.2) is 4.98 Å². The monoisotopic (exact) mass is 610 g/mol. The minimum absolute atomic E-state index is 0.554. The molecule has 1 spiro atoms. The molecule has 0 amide bonds. The van der Waals surface area contributed by atoms with Crippen LogP contribution >= 0.6 is 0 Å². The second kappa shape index (κ2) is 10.4. The van der Waals surface area contributed by atoms with E-state index in [1.54, 1.807) is 0 Å². The highest BCUT2D eigenvalue weighted by molar-refractivity contribution is 6.01. The van der Waals surface area contributed by atoms with Crippen molar-refractivity contribution in [1.82, 2.24) is 4.98 Å². The fourth-order valence-electron chi connectivity index (χ4n) is 8.40. The molecule has 0 unspecified atom stereocenters. The summed E-state index contributed by atoms with van der Waals surface area (Å²) in [6, 6.07) is 66.1. The van der Waals surface area contributed by atoms with Gasteiger partial charge < -0.3 is 4.90 Å². The summed E-state index contributed by atoms with van der Waals surface area (Å²) in [5.41, 5.74) is 16.2. The Morgan fingerprint density at radius 2 is 0.979 bits per heavy atom. The molecule has 2 heterocycles. The van der Waals surface area contributed by atoms with Gasteiger partial charge in [-0.15, -0.1) is 0 Å². The first-order chi connectivity index (χ1) is 23.8. The molecular formula is C46H30N2. The number of aromatic nitrogens is 1. The van der Waals surface area contributed by atoms with Gasteiger partial charge in [0.05, 0.1) is 28.0 Å². The molecular weight excluding hydrogens is 581 g/mol. The van der Waals surface area contributed by atoms with E-state index in [-0.39, 0.29) is 0 Å². The summed E-state index contributed by atoms with van der Waals surface area (Å²) < 4.78 is 0. The maximum atomic E-state index is 5.41. The highest BCUT2D eigenvalue weighted by atomic mass is 15.2. The highest BCUT2D eigenvalue weighted by Crippen LogP contribution is 2.64. The lowest BCUT2D eigenvalue weighted by atomic mass is 9.63. The maximum Gasteiger partial charge on any atom is 0.0760 e. The molecule has 0 saturated carbocycles. The van der Waals surface area contributed by atoms with Crippen LogP contribution in [-0.4, -0.2) is 4.98 Å². The van der Waals surface area contributed by atoms with Crippen LogP contribution in [0.1, 0.15) is 22.3 Å². The Bertz CT molecular complexity index is 2470. The lowest BCUT2D eigenvalue weighted by Gasteiger charge is -2.45. The summed E-state index contributed by atoms with van der Waals surface area (Å²) in [4.78, 5) is 7.85. The van der Waals surface area contributed by atoms with Crippen molar-refractivity contribution in [3.05, 3.63) is 204 Å². The van der Waals surface area contributed by atoms with Crippen molar-refractivity contribution in [3.8, 4) is 33.5 Å². The van der Waals surface area contributed by atoms with Crippen molar-refractivity contribution >= 4 is 28.0 Å². The predicted molar refractivity (Wildman–Crippen MR) is 198 cm³/mol. The molecule has 0 atom stereocenters. The minimum Gasteiger partial charge on any atom is -0.310 e. The summed E-state index contributed by atoms with van der Waals surface area (Å²) in [6.07, 6.45) is 0. The molecule has 10 rings (SSSR count). The standard InChI is InChI=1S/C46H30N2/c1-3-16-31(17-4-1)37-30-42(47-41-27-12-8-21-34(37)41)36-23-15-22-35-33-20-7-9-24-38(33)46(45(35)36)39-25-10-13-28-43(39)48(32-18-5-2-6-19-32)44-29-14-11-26-40(44)46/h1-30H. The zero-order valence-electron chi connectivity index (χ0n) is 26.2. The zero-order chi connectivity index (χ0) is 31.7. The van der Waals surface area contributed by atoms with Crippen LogP contribution in [0, 0.1) is 0 Å². The van der Waals surface area contributed by atoms with Crippen LogP contribution in [0.2, 0.25) is 0 Å². The molecule has 2 heteroatoms. The summed E-state index contributed by atoms with van der Waals surface area (Å²) >= 11 is 0. The molecule has 0 fully saturated rings. The number of hydrogen-bond acceptors (Lipinski definition) is 2. The van der Waals surface area contributed by atoms with Crippen LogP contribution in [-0.2, 0) is 5.41 Å². The Kier molecular flexibility index (Phi) is 5.82. The van der Waals surface area contributed by atoms with Crippen LogP contribution in [0.25, 0.3) is 44.4 Å². The number of pyridine rings is 1. The average molecular weight is 611 g/mol. The molecule has 1 aliphatic carbocycles. The Morgan fingerprint density at radius 1 is 0.417 bits per heavy atom. The first-order valence-electron chi connectivity index (χ1n) is 16.6. The van der Waals surface area contributed by atoms with Gasteiger partial charge in [0.2, 0.25) is 0 Å². The van der Waals surface area contributed by atoms with Crippen molar-refractivity contribution in [2.24, 2.45) is 0 Å². The van der Waals surface area contributed by atoms with Crippen LogP contribution in [0.4, 0.5) is 17.1 Å². The summed E-state index contributed by atoms with van der Waals surface area (Å²) in [6.45, 7) is 0. The quantitative estimate of drug-likeness (QED) is 0.198. The van der Waals surface area contributed by atoms with Gasteiger partial charge in [-0.3, -0.25) is 0 Å². The maximum absolute atomic E-state index is 5.41. The van der Waals surface area contributed by atoms with Crippen LogP contribution < -0.4 is 4.90 Å². The van der Waals surface area contributed by atoms with Gasteiger partial charge >= 0.3 is 0 Å². The molecule has 1 aromatic heterocycles. The van der Waals surface area contributed by atoms with Crippen LogP contribution in [0.15, 0.2) is 182 Å². The molecule has 48 heavy (non-hydrogen) atoms. The van der Waals surface area contributed by atoms with E-state index in [0.29, 0.717) is 0 Å². The fourth-order valence-corrected chi connectivity index (χ4v) is 8.40. The van der Waals surface area contributed by atoms with Crippen molar-refractivity contribution in [2.75, 3.05) is 4.90 Å². The number of benzene rings is 7. The van der Waals surface area contributed by atoms with Gasteiger partial charge in [0.1, 0.15) is 0 Å². The first kappa shape index (κ1) is 26.9. The third kappa shape index (κ3) is 3.66. The Balaban J connectivity index is 1.34. The van der Waals surface area contributed by atoms with E-state index in [1.165, 1.54) is 55.9 Å². The van der Waals surface area contributed by atoms with Crippen molar-refractivity contribution < 1.29 is 0 Å². The average Bonchev–Trinajstić information content (AvgIpc) is 3.46. The smallest absolute Gasteiger partial charge is 0.0760 e. The molecule has 0 saturated heterocycles. The van der Waals surface area contributed by atoms with Crippen molar-refractivity contribution in [2.45, 2.75) is 5.41 Å². The SMILES string of the molecule is c1ccc(-c2cc(-c3cccc4c3C3(c5ccccc5-4)c4ccccc4N(c4ccccc4)c4ccccc43)nc3ccccc23)cc1. The topological polar surface area (TPSA) is 16.1 Å². The molecule has 0 radical (unpaired) electrons. The number of para-hydroxylation sites is 4. The Labute approximate surface area is 280 Å². The van der Waals surface area contributed by atoms with E-state index >= 15 is 0 Å². The van der Waals surface area contributed by atoms with Gasteiger partial charge in [0, 0.05) is 16.6 Å². The van der Waals surface area contributed by atoms with Gasteiger partial charge in [-0.05, 0) is 80.9 Å². The van der Waals surface area contributed by atoms with Gasteiger partial charge in [0.15, 0.2) is 0 Å². The predicted octanol–water partition coefficient (Wildman–Crippen LogP) is 11.7. The molecule has 2 aliphatic rings. The summed E-state index contributed by atoms with van der Waals surface area (Å²) in [5, 5.41) is 1.16. The van der Waals surface area contributed by atoms with Crippen LogP contribution in [0.3, 0.4) is 0 Å². The Hall–Kier alpha value is -6.25. The lowest BCUT2D eigenvalue weighted by Crippen LogP contribution is -2.36. The third-order valence-corrected chi connectivity index (χ3v) is 10.2. The van der Waals surface area contributed by atoms with Crippen molar-refractivity contribution in [3.63, 3.8) is 0 Å². The number of hydrogen-bond donors (Lipinski definition) is 0. The van der Waals surface area contributed by atoms with E-state index < -0.39 is 5.41 Å². The molecule has 8 aromatic rings. The van der Waals surface area contributed by atoms with Gasteiger partial charge in [-0.2, -0.15) is 0 Å². The van der Waals surface area contributed by atoms with E-state index in [1.807, 2.05) is 0 Å². The molecule has 0 N–H and O–H groups in total. The van der Waals surface area contributed by atoms with Crippen LogP contribution in [0.5, 0.6) is 0 Å². The zero-order valence-corrected chi connectivity index (χ0v) is 26.2. The fraction of sp³-hybridized carbons (Fsp3) is 0.0217. The largest absolute Gasteiger partial charge is 0.310 e. The molecule has 224 valence electrons. The molecule has 1 aliphatic heterocycles. The van der Waals surface area contributed by atoms with Gasteiger partial charge in [-0.1, -0.05) is 146 Å². The van der Waals surface area contributed by atoms with E-state index in [9.17, 15) is 0 Å². The number of nitrogens with zero attached hydrogens (tertiary/aromatic N) is 2. The van der Waals surface area contributed by atoms with Crippen molar-refractivity contribution in [1.29, 1.82) is 0 Å². The lowest BCUT2D eigenvalue weighted by molar-refractivity contribution is 0.754. The Morgan fingerprint density at radius 3 is 1.73 bits per heavy atom. The number of rotatable bonds is 3. The molecule has 7 aromatic carbocycles. The first-order valence-corrected chi connectivity index (χ1v) is 16.6. The number of fused-ring (bicyclic) bond motifs is 10. The normalized spacial score (nSPS) is 13.5. The van der Waals surface area contributed by atoms with E-state index in [4.69, 9.17) is 4.98 Å². The summed E-state index contributed by atoms with van der Waals surface area (Å²) in [5.74, 6) is 0. The highest BCUT2D eigenvalue weighted by Gasteiger charge is 2.52. The molecule has 0 bridgehead atoms. The number of anilines is 3. The molecule has 2 nitrogen and oxygen atoms in total. The van der Waals surface area contributed by atoms with E-state index in [0.717, 1.165) is 27.8 Å². The second-order valence-corrected chi connectivity index (χ2v) is 12.7. The van der Waals surface area contributed by atoms with E-state index in [2.05, 4.69) is 187 Å². The minimum atomic E-state index is -0.554. The second-order valence-electron chi connectivity index (χ2n) is 12.7. The third-order valence-electron chi connectivity index (χ3n) is 10.2. The van der Waals surface area contributed by atoms with Gasteiger partial charge in [0.25, 0.3) is 0 Å².